The molecule has 2 heterocycles. The summed E-state index contributed by atoms with van der Waals surface area (Å²) >= 11 is 0. The van der Waals surface area contributed by atoms with E-state index in [0.29, 0.717) is 5.57 Å². The minimum Gasteiger partial charge on any atom is -0.508 e. The molecule has 3 heteroatoms. The molecule has 0 aliphatic carbocycles. The number of rotatable bonds is 2. The minimum atomic E-state index is -0.246. The van der Waals surface area contributed by atoms with Crippen molar-refractivity contribution in [1.82, 2.24) is 4.90 Å². The van der Waals surface area contributed by atoms with Crippen molar-refractivity contribution in [3.8, 4) is 0 Å². The second kappa shape index (κ2) is 6.27. The van der Waals surface area contributed by atoms with E-state index < -0.39 is 0 Å². The highest BCUT2D eigenvalue weighted by Crippen LogP contribution is 2.44. The van der Waals surface area contributed by atoms with E-state index >= 15 is 0 Å². The van der Waals surface area contributed by atoms with Gasteiger partial charge >= 0.3 is 0 Å². The van der Waals surface area contributed by atoms with Crippen LogP contribution in [0.2, 0.25) is 0 Å². The van der Waals surface area contributed by atoms with Crippen LogP contribution in [0.3, 0.4) is 0 Å². The predicted molar refractivity (Wildman–Crippen MR) is 108 cm³/mol. The van der Waals surface area contributed by atoms with Gasteiger partial charge in [0.15, 0.2) is 0 Å². The zero-order chi connectivity index (χ0) is 19.3. The molecule has 1 N–H and O–H groups in total. The van der Waals surface area contributed by atoms with Crippen LogP contribution >= 0.6 is 0 Å². The lowest BCUT2D eigenvalue weighted by molar-refractivity contribution is 0.365. The van der Waals surface area contributed by atoms with Crippen LogP contribution in [-0.2, 0) is 6.42 Å². The Labute approximate surface area is 159 Å². The summed E-state index contributed by atoms with van der Waals surface area (Å²) in [7, 11) is 0. The van der Waals surface area contributed by atoms with Crippen LogP contribution in [-0.4, -0.2) is 10.0 Å². The third-order valence-corrected chi connectivity index (χ3v) is 5.51. The second-order valence-corrected chi connectivity index (χ2v) is 7.32. The number of fused-ring (bicyclic) bond motifs is 3. The van der Waals surface area contributed by atoms with Gasteiger partial charge in [0, 0.05) is 23.0 Å². The van der Waals surface area contributed by atoms with Crippen LogP contribution in [0.4, 0.5) is 4.39 Å². The van der Waals surface area contributed by atoms with Crippen LogP contribution in [0.1, 0.15) is 33.9 Å². The van der Waals surface area contributed by atoms with Crippen LogP contribution < -0.4 is 0 Å². The van der Waals surface area contributed by atoms with E-state index in [1.54, 1.807) is 0 Å². The number of hydrogen-bond acceptors (Lipinski definition) is 2. The fraction of sp³-hybridized carbons (Fsp3) is 0.167. The Balaban J connectivity index is 1.91. The van der Waals surface area contributed by atoms with Crippen molar-refractivity contribution >= 4 is 5.70 Å². The lowest BCUT2D eigenvalue weighted by Gasteiger charge is -2.41. The average molecular weight is 359 g/mol. The van der Waals surface area contributed by atoms with Crippen LogP contribution in [0.25, 0.3) is 5.70 Å². The number of aliphatic hydroxyl groups excluding tert-OH is 1. The molecule has 2 aliphatic rings. The highest BCUT2D eigenvalue weighted by Gasteiger charge is 2.33. The van der Waals surface area contributed by atoms with Crippen molar-refractivity contribution < 1.29 is 9.50 Å². The van der Waals surface area contributed by atoms with E-state index in [0.717, 1.165) is 23.3 Å². The summed E-state index contributed by atoms with van der Waals surface area (Å²) in [6.45, 7) is 12.0. The molecule has 0 bridgehead atoms. The number of aryl methyl sites for hydroxylation is 2. The molecule has 0 amide bonds. The number of aliphatic hydroxyl groups is 1. The molecule has 2 nitrogen and oxygen atoms in total. The van der Waals surface area contributed by atoms with E-state index in [1.807, 2.05) is 24.4 Å². The Bertz CT molecular complexity index is 1030. The summed E-state index contributed by atoms with van der Waals surface area (Å²) in [6, 6.07) is 11.1. The van der Waals surface area contributed by atoms with Crippen LogP contribution in [0.15, 0.2) is 78.7 Å². The van der Waals surface area contributed by atoms with Gasteiger partial charge in [-0.1, -0.05) is 31.4 Å². The molecular formula is C24H22FNO. The van der Waals surface area contributed by atoms with Gasteiger partial charge in [-0.3, -0.25) is 0 Å². The van der Waals surface area contributed by atoms with Gasteiger partial charge in [-0.2, -0.15) is 0 Å². The van der Waals surface area contributed by atoms with Gasteiger partial charge in [0.2, 0.25) is 0 Å². The summed E-state index contributed by atoms with van der Waals surface area (Å²) in [5.74, 6) is -0.247. The summed E-state index contributed by atoms with van der Waals surface area (Å²) in [5, 5.41) is 9.98. The molecule has 2 aliphatic heterocycles. The molecule has 0 spiro atoms. The maximum Gasteiger partial charge on any atom is 0.123 e. The van der Waals surface area contributed by atoms with Gasteiger partial charge in [0.1, 0.15) is 11.6 Å². The number of nitrogens with zero attached hydrogens (tertiary/aromatic N) is 1. The van der Waals surface area contributed by atoms with Gasteiger partial charge in [0.25, 0.3) is 0 Å². The first-order valence-corrected chi connectivity index (χ1v) is 9.00. The molecule has 4 rings (SSSR count). The maximum atomic E-state index is 13.4. The standard InChI is InChI=1S/C24H22FNO/c1-14-9-19-12-23(18-5-7-20(25)8-6-18)26-13-22(17(4)27)16(3)11-24(26)21(19)10-15(14)2/h5-11,13,23,27H,3-4,12H2,1-2H3. The molecule has 1 atom stereocenters. The van der Waals surface area contributed by atoms with E-state index in [-0.39, 0.29) is 17.6 Å². The minimum absolute atomic E-state index is 0.000889. The Morgan fingerprint density at radius 3 is 2.48 bits per heavy atom. The normalized spacial score (nSPS) is 18.4. The second-order valence-electron chi connectivity index (χ2n) is 7.32. The first kappa shape index (κ1) is 17.3. The molecule has 0 aromatic heterocycles. The summed E-state index contributed by atoms with van der Waals surface area (Å²) in [5.41, 5.74) is 8.37. The van der Waals surface area contributed by atoms with Crippen molar-refractivity contribution in [2.24, 2.45) is 0 Å². The van der Waals surface area contributed by atoms with Crippen molar-refractivity contribution in [2.75, 3.05) is 0 Å². The Morgan fingerprint density at radius 2 is 1.81 bits per heavy atom. The first-order valence-electron chi connectivity index (χ1n) is 9.00. The highest BCUT2D eigenvalue weighted by molar-refractivity contribution is 5.77. The zero-order valence-electron chi connectivity index (χ0n) is 15.6. The maximum absolute atomic E-state index is 13.4. The zero-order valence-corrected chi connectivity index (χ0v) is 15.6. The van der Waals surface area contributed by atoms with Gasteiger partial charge in [-0.05, 0) is 72.4 Å². The fourth-order valence-corrected chi connectivity index (χ4v) is 3.90. The molecular weight excluding hydrogens is 337 g/mol. The molecule has 136 valence electrons. The van der Waals surface area contributed by atoms with Gasteiger partial charge < -0.3 is 10.0 Å². The Morgan fingerprint density at radius 1 is 1.15 bits per heavy atom. The number of allylic oxidation sites excluding steroid dienone is 2. The third kappa shape index (κ3) is 2.89. The molecule has 27 heavy (non-hydrogen) atoms. The molecule has 2 aromatic rings. The van der Waals surface area contributed by atoms with E-state index in [4.69, 9.17) is 0 Å². The van der Waals surface area contributed by atoms with E-state index in [1.165, 1.54) is 34.4 Å². The molecule has 0 saturated carbocycles. The molecule has 0 fully saturated rings. The molecule has 2 aromatic carbocycles. The smallest absolute Gasteiger partial charge is 0.123 e. The molecule has 0 saturated heterocycles. The third-order valence-electron chi connectivity index (χ3n) is 5.51. The number of hydrogen-bond donors (Lipinski definition) is 1. The summed E-state index contributed by atoms with van der Waals surface area (Å²) < 4.78 is 13.4. The monoisotopic (exact) mass is 359 g/mol. The largest absolute Gasteiger partial charge is 0.508 e. The van der Waals surface area contributed by atoms with Crippen molar-refractivity contribution in [3.63, 3.8) is 0 Å². The number of benzene rings is 2. The number of halogens is 1. The van der Waals surface area contributed by atoms with E-state index in [2.05, 4.69) is 44.0 Å². The quantitative estimate of drug-likeness (QED) is 0.674. The van der Waals surface area contributed by atoms with Crippen molar-refractivity contribution in [2.45, 2.75) is 26.3 Å². The van der Waals surface area contributed by atoms with E-state index in [9.17, 15) is 9.50 Å². The highest BCUT2D eigenvalue weighted by atomic mass is 19.1. The summed E-state index contributed by atoms with van der Waals surface area (Å²) in [4.78, 5) is 2.15. The lowest BCUT2D eigenvalue weighted by Crippen LogP contribution is -2.31. The Kier molecular flexibility index (Phi) is 4.03. The fourth-order valence-electron chi connectivity index (χ4n) is 3.90. The topological polar surface area (TPSA) is 23.5 Å². The summed E-state index contributed by atoms with van der Waals surface area (Å²) in [6.07, 6.45) is 4.71. The van der Waals surface area contributed by atoms with Gasteiger partial charge in [-0.25, -0.2) is 4.39 Å². The molecule has 0 radical (unpaired) electrons. The van der Waals surface area contributed by atoms with Crippen molar-refractivity contribution in [3.05, 3.63) is 112 Å². The van der Waals surface area contributed by atoms with Gasteiger partial charge in [0.05, 0.1) is 6.04 Å². The SMILES string of the molecule is C=C(O)C1=CN2C(=CC1=C)c1cc(C)c(C)cc1CC2c1ccc(F)cc1. The predicted octanol–water partition coefficient (Wildman–Crippen LogP) is 5.91. The Hall–Kier alpha value is -3.07. The van der Waals surface area contributed by atoms with Gasteiger partial charge in [-0.15, -0.1) is 0 Å². The molecule has 1 unspecified atom stereocenters. The average Bonchev–Trinajstić information content (AvgIpc) is 2.62. The van der Waals surface area contributed by atoms with Crippen LogP contribution in [0.5, 0.6) is 0 Å². The van der Waals surface area contributed by atoms with Crippen LogP contribution in [0, 0.1) is 19.7 Å². The van der Waals surface area contributed by atoms with Crippen molar-refractivity contribution in [1.29, 1.82) is 0 Å². The first-order chi connectivity index (χ1) is 12.8. The lowest BCUT2D eigenvalue weighted by atomic mass is 9.83.